The van der Waals surface area contributed by atoms with E-state index in [1.54, 1.807) is 6.08 Å². The topological polar surface area (TPSA) is 89.3 Å². The second-order valence-electron chi connectivity index (χ2n) is 8.23. The van der Waals surface area contributed by atoms with Crippen LogP contribution in [0.25, 0.3) is 11.6 Å². The number of unbranched alkanes of at least 4 members (excludes halogenated alkanes) is 1. The number of carbonyl (C=O) groups is 2. The quantitative estimate of drug-likeness (QED) is 0.485. The van der Waals surface area contributed by atoms with E-state index < -0.39 is 12.0 Å². The molecule has 2 amide bonds. The zero-order valence-corrected chi connectivity index (χ0v) is 20.3. The molecular weight excluding hydrogens is 428 g/mol. The van der Waals surface area contributed by atoms with Gasteiger partial charge in [0.05, 0.1) is 4.76 Å². The van der Waals surface area contributed by atoms with E-state index in [1.807, 2.05) is 48.5 Å². The first kappa shape index (κ1) is 26.7. The van der Waals surface area contributed by atoms with E-state index >= 15 is 0 Å². The first-order valence-electron chi connectivity index (χ1n) is 11.9. The summed E-state index contributed by atoms with van der Waals surface area (Å²) < 4.78 is 0.471. The predicted octanol–water partition coefficient (Wildman–Crippen LogP) is 5.69. The number of benzene rings is 2. The maximum absolute atomic E-state index is 12.6. The lowest BCUT2D eigenvalue weighted by Gasteiger charge is -2.17. The molecule has 0 saturated carbocycles. The van der Waals surface area contributed by atoms with Gasteiger partial charge < -0.3 is 9.90 Å². The van der Waals surface area contributed by atoms with E-state index in [1.165, 1.54) is 13.3 Å². The largest absolute Gasteiger partial charge is 0.550 e. The smallest absolute Gasteiger partial charge is 0.540 e. The molecule has 3 rings (SSSR count). The second-order valence-corrected chi connectivity index (χ2v) is 8.23. The van der Waals surface area contributed by atoms with Crippen molar-refractivity contribution in [1.82, 2.24) is 5.32 Å². The molecule has 1 aliphatic rings. The highest BCUT2D eigenvalue weighted by Crippen LogP contribution is 2.34. The predicted molar refractivity (Wildman–Crippen MR) is 133 cm³/mol. The highest BCUT2D eigenvalue weighted by atomic mass is 16.4. The van der Waals surface area contributed by atoms with Crippen molar-refractivity contribution in [2.24, 2.45) is 5.92 Å². The normalized spacial score (nSPS) is 16.5. The molecule has 1 N–H and O–H groups in total. The lowest BCUT2D eigenvalue weighted by Crippen LogP contribution is -2.19. The Morgan fingerprint density at radius 2 is 1.62 bits per heavy atom. The number of nitrogens with zero attached hydrogens (tertiary/aromatic N) is 1. The summed E-state index contributed by atoms with van der Waals surface area (Å²) in [6.07, 6.45) is 7.28. The van der Waals surface area contributed by atoms with Crippen molar-refractivity contribution in [3.63, 3.8) is 0 Å². The van der Waals surface area contributed by atoms with Crippen LogP contribution in [0.5, 0.6) is 0 Å². The van der Waals surface area contributed by atoms with Crippen LogP contribution in [0.1, 0.15) is 70.4 Å². The minimum Gasteiger partial charge on any atom is -0.550 e. The first-order chi connectivity index (χ1) is 16.4. The molecule has 6 nitrogen and oxygen atoms in total. The lowest BCUT2D eigenvalue weighted by atomic mass is 9.87. The highest BCUT2D eigenvalue weighted by Gasteiger charge is 2.41. The van der Waals surface area contributed by atoms with Crippen molar-refractivity contribution in [1.29, 1.82) is 0 Å². The Bertz CT molecular complexity index is 1030. The van der Waals surface area contributed by atoms with Crippen LogP contribution >= 0.6 is 0 Å². The van der Waals surface area contributed by atoms with Crippen molar-refractivity contribution >= 4 is 23.6 Å². The Balaban J connectivity index is 0.000000739. The summed E-state index contributed by atoms with van der Waals surface area (Å²) in [6.45, 7) is 5.95. The number of carboxylic acids is 1. The fraction of sp³-hybridized carbons (Fsp3) is 0.357. The monoisotopic (exact) mass is 462 g/mol. The SMILES string of the molecule is CCC(=O)[O-].CCCCC(CC)CC(=C1NC(=O)[N+](=O)C1=Cc1ccccc1)c1ccccc1. The molecule has 34 heavy (non-hydrogen) atoms. The van der Waals surface area contributed by atoms with Crippen LogP contribution in [0.3, 0.4) is 0 Å². The summed E-state index contributed by atoms with van der Waals surface area (Å²) in [5, 5.41) is 12.1. The van der Waals surface area contributed by atoms with E-state index in [4.69, 9.17) is 0 Å². The molecule has 1 fully saturated rings. The van der Waals surface area contributed by atoms with Gasteiger partial charge in [0, 0.05) is 17.6 Å². The zero-order valence-electron chi connectivity index (χ0n) is 20.3. The molecule has 1 atom stereocenters. The molecule has 0 spiro atoms. The number of hydrogen-bond acceptors (Lipinski definition) is 4. The van der Waals surface area contributed by atoms with Crippen LogP contribution < -0.4 is 10.4 Å². The van der Waals surface area contributed by atoms with Crippen molar-refractivity contribution in [3.8, 4) is 0 Å². The minimum atomic E-state index is -0.995. The van der Waals surface area contributed by atoms with Crippen LogP contribution in [0, 0.1) is 10.8 Å². The molecule has 0 aliphatic carbocycles. The average Bonchev–Trinajstić information content (AvgIpc) is 3.14. The third-order valence-corrected chi connectivity index (χ3v) is 5.74. The molecule has 1 aliphatic heterocycles. The third-order valence-electron chi connectivity index (χ3n) is 5.74. The maximum atomic E-state index is 12.6. The van der Waals surface area contributed by atoms with Crippen LogP contribution in [-0.2, 0) is 4.79 Å². The zero-order chi connectivity index (χ0) is 24.9. The highest BCUT2D eigenvalue weighted by molar-refractivity contribution is 5.84. The van der Waals surface area contributed by atoms with Gasteiger partial charge in [-0.25, -0.2) is 0 Å². The number of carboxylic acid groups (broad SMARTS) is 1. The molecule has 180 valence electrons. The van der Waals surface area contributed by atoms with E-state index in [9.17, 15) is 19.6 Å². The molecule has 0 radical (unpaired) electrons. The third kappa shape index (κ3) is 7.80. The number of carbonyl (C=O) groups excluding carboxylic acids is 2. The van der Waals surface area contributed by atoms with Crippen LogP contribution in [-0.4, -0.2) is 16.8 Å². The van der Waals surface area contributed by atoms with Crippen molar-refractivity contribution in [3.05, 3.63) is 88.1 Å². The van der Waals surface area contributed by atoms with E-state index in [0.29, 0.717) is 22.1 Å². The molecule has 0 bridgehead atoms. The molecule has 1 heterocycles. The minimum absolute atomic E-state index is 0.111. The molecular formula is C28H34N2O4. The number of urea groups is 1. The van der Waals surface area contributed by atoms with Crippen molar-refractivity contribution in [2.45, 2.75) is 59.3 Å². The fourth-order valence-corrected chi connectivity index (χ4v) is 3.74. The molecule has 6 heteroatoms. The van der Waals surface area contributed by atoms with E-state index in [2.05, 4.69) is 31.3 Å². The first-order valence-corrected chi connectivity index (χ1v) is 11.9. The number of aliphatic carboxylic acids is 1. The van der Waals surface area contributed by atoms with Crippen molar-refractivity contribution < 1.29 is 19.5 Å². The number of hydrogen-bond donors (Lipinski definition) is 1. The van der Waals surface area contributed by atoms with Gasteiger partial charge in [0.2, 0.25) is 5.70 Å². The number of amides is 2. The van der Waals surface area contributed by atoms with Crippen LogP contribution in [0.2, 0.25) is 0 Å². The van der Waals surface area contributed by atoms with Gasteiger partial charge in [-0.1, -0.05) is 112 Å². The molecule has 2 aromatic carbocycles. The lowest BCUT2D eigenvalue weighted by molar-refractivity contribution is -0.377. The Kier molecular flexibility index (Phi) is 10.9. The summed E-state index contributed by atoms with van der Waals surface area (Å²) in [5.74, 6) is -0.488. The summed E-state index contributed by atoms with van der Waals surface area (Å²) in [7, 11) is 0. The fourth-order valence-electron chi connectivity index (χ4n) is 3.74. The van der Waals surface area contributed by atoms with Gasteiger partial charge in [0.1, 0.15) is 0 Å². The van der Waals surface area contributed by atoms with E-state index in [0.717, 1.165) is 42.4 Å². The number of rotatable bonds is 9. The van der Waals surface area contributed by atoms with Gasteiger partial charge in [-0.05, 0) is 29.9 Å². The summed E-state index contributed by atoms with van der Waals surface area (Å²) in [6, 6.07) is 19.1. The number of nitroso groups, excluding NO2 is 1. The summed E-state index contributed by atoms with van der Waals surface area (Å²) >= 11 is 0. The summed E-state index contributed by atoms with van der Waals surface area (Å²) in [4.78, 5) is 34.1. The number of allylic oxidation sites excluding steroid dienone is 1. The van der Waals surface area contributed by atoms with Crippen LogP contribution in [0.4, 0.5) is 4.79 Å². The summed E-state index contributed by atoms with van der Waals surface area (Å²) in [5.41, 5.74) is 3.98. The average molecular weight is 463 g/mol. The molecule has 0 aromatic heterocycles. The Morgan fingerprint density at radius 3 is 2.15 bits per heavy atom. The Hall–Kier alpha value is -3.54. The number of nitrogens with one attached hydrogen (secondary N) is 1. The van der Waals surface area contributed by atoms with E-state index in [-0.39, 0.29) is 6.42 Å². The van der Waals surface area contributed by atoms with Gasteiger partial charge in [0.25, 0.3) is 0 Å². The maximum Gasteiger partial charge on any atom is 0.540 e. The Morgan fingerprint density at radius 1 is 1.03 bits per heavy atom. The molecule has 1 saturated heterocycles. The molecule has 2 aromatic rings. The van der Waals surface area contributed by atoms with Gasteiger partial charge >= 0.3 is 6.03 Å². The van der Waals surface area contributed by atoms with Crippen molar-refractivity contribution in [2.75, 3.05) is 0 Å². The van der Waals surface area contributed by atoms with Crippen LogP contribution in [0.15, 0.2) is 72.1 Å². The Labute approximate surface area is 202 Å². The molecule has 1 unspecified atom stereocenters. The second kappa shape index (κ2) is 13.9. The standard InChI is InChI=1S/C25H28N2O2.C3H6O2/c1-3-5-12-19(4-2)17-22(21-15-10-7-11-16-21)24-23(27(29)25(28)26-24)18-20-13-8-6-9-14-20;1-2-3(4)5/h6-11,13-16,18-19H,3-5,12,17H2,1-2H3;2H2,1H3,(H,4,5). The van der Waals surface area contributed by atoms with Gasteiger partial charge in [0.15, 0.2) is 5.70 Å². The van der Waals surface area contributed by atoms with Gasteiger partial charge in [-0.3, -0.25) is 0 Å². The van der Waals surface area contributed by atoms with Gasteiger partial charge in [-0.2, -0.15) is 10.1 Å². The van der Waals surface area contributed by atoms with Gasteiger partial charge in [-0.15, -0.1) is 0 Å².